The first-order valence-electron chi connectivity index (χ1n) is 9.73. The predicted molar refractivity (Wildman–Crippen MR) is 123 cm³/mol. The number of rotatable bonds is 7. The lowest BCUT2D eigenvalue weighted by atomic mass is 10.0. The minimum absolute atomic E-state index is 0.0641. The van der Waals surface area contributed by atoms with E-state index in [0.717, 1.165) is 16.7 Å². The van der Waals surface area contributed by atoms with Gasteiger partial charge in [0, 0.05) is 25.5 Å². The van der Waals surface area contributed by atoms with E-state index in [4.69, 9.17) is 4.74 Å². The number of hydrogen-bond acceptors (Lipinski definition) is 4. The average molecular weight is 424 g/mol. The van der Waals surface area contributed by atoms with E-state index in [9.17, 15) is 13.2 Å². The molecule has 6 heteroatoms. The van der Waals surface area contributed by atoms with Crippen LogP contribution in [0.25, 0.3) is 0 Å². The van der Waals surface area contributed by atoms with Gasteiger partial charge in [-0.25, -0.2) is 8.42 Å². The molecular weight excluding hydrogens is 395 g/mol. The molecule has 0 atom stereocenters. The fourth-order valence-electron chi connectivity index (χ4n) is 2.48. The highest BCUT2D eigenvalue weighted by Crippen LogP contribution is 2.14. The van der Waals surface area contributed by atoms with Crippen LogP contribution in [0.2, 0.25) is 6.82 Å². The van der Waals surface area contributed by atoms with E-state index in [1.165, 1.54) is 6.82 Å². The Labute approximate surface area is 182 Å². The molecule has 0 saturated heterocycles. The standard InChI is InChI=1S/C23H26O4S.CH3B/c1-5-28(25,26)22-12-10-20(11-13-22)17-21(24)16-19-8-6-18(7-9-19)14-15-23(2,3)27-4;1-2/h6-13H,5,16-17H2,1-4H3;1H3. The van der Waals surface area contributed by atoms with Gasteiger partial charge in [-0.15, -0.1) is 0 Å². The summed E-state index contributed by atoms with van der Waals surface area (Å²) in [5, 5.41) is 0. The second-order valence-corrected chi connectivity index (χ2v) is 9.38. The summed E-state index contributed by atoms with van der Waals surface area (Å²) in [5.41, 5.74) is 2.10. The lowest BCUT2D eigenvalue weighted by Gasteiger charge is -2.14. The smallest absolute Gasteiger partial charge is 0.178 e. The lowest BCUT2D eigenvalue weighted by molar-refractivity contribution is -0.117. The van der Waals surface area contributed by atoms with E-state index in [1.807, 2.05) is 38.1 Å². The summed E-state index contributed by atoms with van der Waals surface area (Å²) in [7, 11) is 2.91. The molecule has 0 unspecified atom stereocenters. The van der Waals surface area contributed by atoms with E-state index in [2.05, 4.69) is 19.7 Å². The zero-order valence-electron chi connectivity index (χ0n) is 18.4. The van der Waals surface area contributed by atoms with Gasteiger partial charge in [0.15, 0.2) is 9.84 Å². The van der Waals surface area contributed by atoms with E-state index in [0.29, 0.717) is 11.3 Å². The first kappa shape index (κ1) is 25.7. The molecule has 2 aromatic rings. The van der Waals surface area contributed by atoms with E-state index in [-0.39, 0.29) is 18.0 Å². The maximum Gasteiger partial charge on any atom is 0.178 e. The van der Waals surface area contributed by atoms with Crippen LogP contribution in [0.3, 0.4) is 0 Å². The first-order chi connectivity index (χ1) is 14.1. The van der Waals surface area contributed by atoms with Crippen LogP contribution in [0.4, 0.5) is 0 Å². The monoisotopic (exact) mass is 424 g/mol. The summed E-state index contributed by atoms with van der Waals surface area (Å²) in [6, 6.07) is 14.1. The van der Waals surface area contributed by atoms with Crippen molar-refractivity contribution in [3.63, 3.8) is 0 Å². The van der Waals surface area contributed by atoms with Gasteiger partial charge in [-0.1, -0.05) is 49.9 Å². The Morgan fingerprint density at radius 2 is 1.43 bits per heavy atom. The molecule has 2 rings (SSSR count). The molecule has 0 aliphatic carbocycles. The fraction of sp³-hybridized carbons (Fsp3) is 0.375. The summed E-state index contributed by atoms with van der Waals surface area (Å²) >= 11 is 0. The Morgan fingerprint density at radius 1 is 0.967 bits per heavy atom. The highest BCUT2D eigenvalue weighted by Gasteiger charge is 2.12. The molecule has 4 nitrogen and oxygen atoms in total. The minimum atomic E-state index is -3.22. The number of benzene rings is 2. The molecule has 0 saturated carbocycles. The van der Waals surface area contributed by atoms with Crippen molar-refractivity contribution in [3.8, 4) is 11.8 Å². The second-order valence-electron chi connectivity index (χ2n) is 7.10. The number of carbonyl (C=O) groups is 1. The van der Waals surface area contributed by atoms with Crippen LogP contribution in [0.5, 0.6) is 0 Å². The Hall–Kier alpha value is -2.36. The van der Waals surface area contributed by atoms with Crippen molar-refractivity contribution in [2.24, 2.45) is 0 Å². The third-order valence-corrected chi connectivity index (χ3v) is 6.19. The van der Waals surface area contributed by atoms with Gasteiger partial charge in [0.05, 0.1) is 18.5 Å². The largest absolute Gasteiger partial charge is 0.366 e. The van der Waals surface area contributed by atoms with Gasteiger partial charge >= 0.3 is 0 Å². The molecule has 2 aromatic carbocycles. The third kappa shape index (κ3) is 8.18. The molecule has 0 heterocycles. The Kier molecular flexibility index (Phi) is 10.0. The maximum absolute atomic E-state index is 12.3. The molecule has 0 spiro atoms. The van der Waals surface area contributed by atoms with Gasteiger partial charge in [-0.2, -0.15) is 0 Å². The Bertz CT molecular complexity index is 980. The highest BCUT2D eigenvalue weighted by atomic mass is 32.2. The van der Waals surface area contributed by atoms with Gasteiger partial charge in [-0.05, 0) is 49.2 Å². The van der Waals surface area contributed by atoms with Gasteiger partial charge in [0.2, 0.25) is 0 Å². The summed E-state index contributed by atoms with van der Waals surface area (Å²) in [5.74, 6) is 6.26. The first-order valence-corrected chi connectivity index (χ1v) is 11.4. The summed E-state index contributed by atoms with van der Waals surface area (Å²) in [4.78, 5) is 12.6. The quantitative estimate of drug-likeness (QED) is 0.501. The molecular formula is C24H29BO4S. The number of methoxy groups -OCH3 is 1. The summed E-state index contributed by atoms with van der Waals surface area (Å²) in [6.45, 7) is 6.91. The zero-order valence-corrected chi connectivity index (χ0v) is 19.2. The Balaban J connectivity index is 0.00000218. The SMILES string of the molecule is CCS(=O)(=O)c1ccc(CC(=O)Cc2ccc(C#CC(C)(C)OC)cc2)cc1.[B]C. The van der Waals surface area contributed by atoms with Crippen LogP contribution in [-0.4, -0.2) is 40.5 Å². The van der Waals surface area contributed by atoms with Gasteiger partial charge in [0.25, 0.3) is 0 Å². The van der Waals surface area contributed by atoms with Crippen LogP contribution in [0.1, 0.15) is 37.5 Å². The second kappa shape index (κ2) is 11.7. The third-order valence-electron chi connectivity index (χ3n) is 4.44. The van der Waals surface area contributed by atoms with E-state index >= 15 is 0 Å². The molecule has 0 aromatic heterocycles. The minimum Gasteiger partial charge on any atom is -0.366 e. The van der Waals surface area contributed by atoms with Gasteiger partial charge in [0.1, 0.15) is 11.4 Å². The lowest BCUT2D eigenvalue weighted by Crippen LogP contribution is -2.19. The number of ether oxygens (including phenoxy) is 1. The van der Waals surface area contributed by atoms with Crippen molar-refractivity contribution in [2.45, 2.75) is 50.9 Å². The summed E-state index contributed by atoms with van der Waals surface area (Å²) < 4.78 is 28.9. The molecule has 0 amide bonds. The topological polar surface area (TPSA) is 60.4 Å². The molecule has 0 bridgehead atoms. The molecule has 30 heavy (non-hydrogen) atoms. The number of Topliss-reactive ketones (excluding diaryl/α,β-unsaturated/α-hetero) is 1. The van der Waals surface area contributed by atoms with Crippen molar-refractivity contribution in [1.82, 2.24) is 0 Å². The number of hydrogen-bond donors (Lipinski definition) is 0. The van der Waals surface area contributed by atoms with Crippen molar-refractivity contribution in [3.05, 3.63) is 65.2 Å². The number of sulfone groups is 1. The number of ketones is 1. The van der Waals surface area contributed by atoms with Crippen LogP contribution in [-0.2, 0) is 32.2 Å². The fourth-order valence-corrected chi connectivity index (χ4v) is 3.36. The molecule has 0 aliphatic heterocycles. The van der Waals surface area contributed by atoms with Crippen LogP contribution < -0.4 is 0 Å². The molecule has 0 N–H and O–H groups in total. The van der Waals surface area contributed by atoms with Crippen LogP contribution >= 0.6 is 0 Å². The van der Waals surface area contributed by atoms with Crippen molar-refractivity contribution < 1.29 is 17.9 Å². The normalized spacial score (nSPS) is 11.0. The van der Waals surface area contributed by atoms with Gasteiger partial charge in [-0.3, -0.25) is 4.79 Å². The molecule has 0 fully saturated rings. The molecule has 158 valence electrons. The number of carbonyl (C=O) groups excluding carboxylic acids is 1. The average Bonchev–Trinajstić information content (AvgIpc) is 2.75. The van der Waals surface area contributed by atoms with Crippen molar-refractivity contribution in [1.29, 1.82) is 0 Å². The molecule has 0 aliphatic rings. The maximum atomic E-state index is 12.3. The summed E-state index contributed by atoms with van der Waals surface area (Å²) in [6.07, 6.45) is 0.600. The molecule has 2 radical (unpaired) electrons. The van der Waals surface area contributed by atoms with Crippen LogP contribution in [0, 0.1) is 11.8 Å². The van der Waals surface area contributed by atoms with E-state index < -0.39 is 15.4 Å². The van der Waals surface area contributed by atoms with Crippen LogP contribution in [0.15, 0.2) is 53.4 Å². The van der Waals surface area contributed by atoms with Crippen molar-refractivity contribution in [2.75, 3.05) is 12.9 Å². The Morgan fingerprint density at radius 3 is 1.87 bits per heavy atom. The zero-order chi connectivity index (χ0) is 22.8. The van der Waals surface area contributed by atoms with Crippen molar-refractivity contribution >= 4 is 23.5 Å². The van der Waals surface area contributed by atoms with Gasteiger partial charge < -0.3 is 4.74 Å². The predicted octanol–water partition coefficient (Wildman–Crippen LogP) is 3.81. The highest BCUT2D eigenvalue weighted by molar-refractivity contribution is 7.91. The van der Waals surface area contributed by atoms with E-state index in [1.54, 1.807) is 38.3 Å².